The Hall–Kier alpha value is -1.22. The molecule has 0 saturated carbocycles. The third-order valence-corrected chi connectivity index (χ3v) is 1.60. The topological polar surface area (TPSA) is 75.9 Å². The average Bonchev–Trinajstić information content (AvgIpc) is 1.85. The minimum atomic E-state index is -0.0463. The molecule has 4 heteroatoms. The van der Waals surface area contributed by atoms with Crippen LogP contribution >= 0.6 is 11.6 Å². The van der Waals surface area contributed by atoms with Gasteiger partial charge >= 0.3 is 0 Å². The summed E-state index contributed by atoms with van der Waals surface area (Å²) < 4.78 is 0. The Balaban J connectivity index is 3.20. The summed E-state index contributed by atoms with van der Waals surface area (Å²) in [4.78, 5) is 0. The molecule has 0 aromatic heterocycles. The van der Waals surface area contributed by atoms with Gasteiger partial charge in [0.25, 0.3) is 0 Å². The normalized spacial score (nSPS) is 9.55. The summed E-state index contributed by atoms with van der Waals surface area (Å²) in [5.41, 5.74) is 11.7. The number of rotatable bonds is 1. The Bertz CT molecular complexity index is 296. The number of hydrogen-bond acceptors (Lipinski definition) is 2. The van der Waals surface area contributed by atoms with E-state index >= 15 is 0 Å². The zero-order valence-electron chi connectivity index (χ0n) is 5.76. The highest BCUT2D eigenvalue weighted by Gasteiger charge is 2.01. The molecule has 0 bridgehead atoms. The summed E-state index contributed by atoms with van der Waals surface area (Å²) in [6.45, 7) is 0. The van der Waals surface area contributed by atoms with Crippen molar-refractivity contribution >= 4 is 23.1 Å². The Morgan fingerprint density at radius 1 is 1.45 bits per heavy atom. The molecule has 0 heterocycles. The van der Waals surface area contributed by atoms with E-state index in [-0.39, 0.29) is 5.84 Å². The van der Waals surface area contributed by atoms with Crippen LogP contribution in [0.1, 0.15) is 5.56 Å². The van der Waals surface area contributed by atoms with Gasteiger partial charge in [0.15, 0.2) is 0 Å². The van der Waals surface area contributed by atoms with Gasteiger partial charge in [0, 0.05) is 11.3 Å². The van der Waals surface area contributed by atoms with Gasteiger partial charge < -0.3 is 11.5 Å². The first-order valence-corrected chi connectivity index (χ1v) is 3.38. The summed E-state index contributed by atoms with van der Waals surface area (Å²) in [6.07, 6.45) is 0. The quantitative estimate of drug-likeness (QED) is 0.336. The lowest BCUT2D eigenvalue weighted by molar-refractivity contribution is 1.42. The van der Waals surface area contributed by atoms with E-state index in [0.29, 0.717) is 16.3 Å². The molecule has 0 atom stereocenters. The van der Waals surface area contributed by atoms with Crippen LogP contribution in [0.5, 0.6) is 0 Å². The average molecular weight is 170 g/mol. The van der Waals surface area contributed by atoms with Gasteiger partial charge in [-0.15, -0.1) is 0 Å². The van der Waals surface area contributed by atoms with Crippen LogP contribution in [-0.2, 0) is 0 Å². The molecule has 11 heavy (non-hydrogen) atoms. The SMILES string of the molecule is N=C(N)c1ccc(N)cc1Cl. The number of hydrogen-bond donors (Lipinski definition) is 3. The zero-order valence-corrected chi connectivity index (χ0v) is 6.52. The van der Waals surface area contributed by atoms with E-state index in [1.165, 1.54) is 0 Å². The fraction of sp³-hybridized carbons (Fsp3) is 0. The third-order valence-electron chi connectivity index (χ3n) is 1.28. The lowest BCUT2D eigenvalue weighted by Crippen LogP contribution is -2.11. The van der Waals surface area contributed by atoms with Crippen LogP contribution < -0.4 is 11.5 Å². The van der Waals surface area contributed by atoms with Crippen LogP contribution in [0.2, 0.25) is 5.02 Å². The van der Waals surface area contributed by atoms with E-state index in [1.807, 2.05) is 0 Å². The molecule has 58 valence electrons. The van der Waals surface area contributed by atoms with Gasteiger partial charge in [-0.3, -0.25) is 5.41 Å². The lowest BCUT2D eigenvalue weighted by atomic mass is 10.2. The Kier molecular flexibility index (Phi) is 2.01. The Labute approximate surface area is 69.5 Å². The molecule has 3 nitrogen and oxygen atoms in total. The number of amidine groups is 1. The van der Waals surface area contributed by atoms with Crippen molar-refractivity contribution in [2.24, 2.45) is 5.73 Å². The molecule has 1 rings (SSSR count). The second-order valence-electron chi connectivity index (χ2n) is 2.15. The molecule has 0 spiro atoms. The van der Waals surface area contributed by atoms with Crippen molar-refractivity contribution in [3.05, 3.63) is 28.8 Å². The van der Waals surface area contributed by atoms with E-state index in [9.17, 15) is 0 Å². The van der Waals surface area contributed by atoms with Crippen LogP contribution in [0.25, 0.3) is 0 Å². The van der Waals surface area contributed by atoms with Gasteiger partial charge in [-0.25, -0.2) is 0 Å². The number of nitrogens with two attached hydrogens (primary N) is 2. The number of halogens is 1. The first-order valence-electron chi connectivity index (χ1n) is 3.00. The highest BCUT2D eigenvalue weighted by Crippen LogP contribution is 2.17. The number of anilines is 1. The zero-order chi connectivity index (χ0) is 8.43. The largest absolute Gasteiger partial charge is 0.399 e. The van der Waals surface area contributed by atoms with Crippen LogP contribution in [-0.4, -0.2) is 5.84 Å². The fourth-order valence-corrected chi connectivity index (χ4v) is 1.04. The van der Waals surface area contributed by atoms with E-state index in [0.717, 1.165) is 0 Å². The molecule has 1 aromatic carbocycles. The highest BCUT2D eigenvalue weighted by atomic mass is 35.5. The predicted octanol–water partition coefficient (Wildman–Crippen LogP) is 1.21. The van der Waals surface area contributed by atoms with Gasteiger partial charge in [-0.1, -0.05) is 11.6 Å². The molecule has 0 aliphatic heterocycles. The van der Waals surface area contributed by atoms with Gasteiger partial charge in [0.1, 0.15) is 5.84 Å². The first kappa shape index (κ1) is 7.88. The Morgan fingerprint density at radius 3 is 2.55 bits per heavy atom. The van der Waals surface area contributed by atoms with Gasteiger partial charge in [0.2, 0.25) is 0 Å². The number of nitrogens with one attached hydrogen (secondary N) is 1. The van der Waals surface area contributed by atoms with Crippen molar-refractivity contribution in [1.82, 2.24) is 0 Å². The van der Waals surface area contributed by atoms with E-state index in [4.69, 9.17) is 28.5 Å². The standard InChI is InChI=1S/C7H8ClN3/c8-6-3-4(9)1-2-5(6)7(10)11/h1-3H,9H2,(H3,10,11). The van der Waals surface area contributed by atoms with Crippen molar-refractivity contribution in [2.75, 3.05) is 5.73 Å². The summed E-state index contributed by atoms with van der Waals surface area (Å²) >= 11 is 5.72. The number of nitrogen functional groups attached to an aromatic ring is 2. The maximum atomic E-state index is 7.10. The van der Waals surface area contributed by atoms with Crippen LogP contribution in [0.3, 0.4) is 0 Å². The smallest absolute Gasteiger partial charge is 0.124 e. The van der Waals surface area contributed by atoms with Crippen molar-refractivity contribution in [3.8, 4) is 0 Å². The van der Waals surface area contributed by atoms with E-state index < -0.39 is 0 Å². The highest BCUT2D eigenvalue weighted by molar-refractivity contribution is 6.34. The number of benzene rings is 1. The van der Waals surface area contributed by atoms with Crippen molar-refractivity contribution in [3.63, 3.8) is 0 Å². The molecule has 0 radical (unpaired) electrons. The van der Waals surface area contributed by atoms with Crippen LogP contribution in [0, 0.1) is 5.41 Å². The van der Waals surface area contributed by atoms with E-state index in [1.54, 1.807) is 18.2 Å². The summed E-state index contributed by atoms with van der Waals surface area (Å²) in [6, 6.07) is 4.85. The first-order chi connectivity index (χ1) is 5.11. The Morgan fingerprint density at radius 2 is 2.09 bits per heavy atom. The summed E-state index contributed by atoms with van der Waals surface area (Å²) in [5, 5.41) is 7.51. The van der Waals surface area contributed by atoms with E-state index in [2.05, 4.69) is 0 Å². The molecule has 5 N–H and O–H groups in total. The molecule has 0 aliphatic carbocycles. The van der Waals surface area contributed by atoms with Gasteiger partial charge in [0.05, 0.1) is 5.02 Å². The minimum Gasteiger partial charge on any atom is -0.399 e. The molecular weight excluding hydrogens is 162 g/mol. The summed E-state index contributed by atoms with van der Waals surface area (Å²) in [7, 11) is 0. The maximum Gasteiger partial charge on any atom is 0.124 e. The van der Waals surface area contributed by atoms with Crippen LogP contribution in [0.15, 0.2) is 18.2 Å². The maximum absolute atomic E-state index is 7.10. The van der Waals surface area contributed by atoms with Crippen LogP contribution in [0.4, 0.5) is 5.69 Å². The second-order valence-corrected chi connectivity index (χ2v) is 2.56. The van der Waals surface area contributed by atoms with Gasteiger partial charge in [-0.2, -0.15) is 0 Å². The van der Waals surface area contributed by atoms with Crippen molar-refractivity contribution < 1.29 is 0 Å². The van der Waals surface area contributed by atoms with Gasteiger partial charge in [-0.05, 0) is 18.2 Å². The fourth-order valence-electron chi connectivity index (χ4n) is 0.750. The van der Waals surface area contributed by atoms with Crippen molar-refractivity contribution in [2.45, 2.75) is 0 Å². The lowest BCUT2D eigenvalue weighted by Gasteiger charge is -2.01. The molecule has 0 amide bonds. The second kappa shape index (κ2) is 2.80. The molecular formula is C7H8ClN3. The van der Waals surface area contributed by atoms with Crippen molar-refractivity contribution in [1.29, 1.82) is 5.41 Å². The predicted molar refractivity (Wildman–Crippen MR) is 46.9 cm³/mol. The molecule has 0 fully saturated rings. The molecule has 0 aliphatic rings. The monoisotopic (exact) mass is 169 g/mol. The molecule has 0 saturated heterocycles. The third kappa shape index (κ3) is 1.62. The molecule has 0 unspecified atom stereocenters. The minimum absolute atomic E-state index is 0.0463. The molecule has 1 aromatic rings. The summed E-state index contributed by atoms with van der Waals surface area (Å²) in [5.74, 6) is -0.0463.